The molecule has 1 aliphatic rings. The molecule has 5 nitrogen and oxygen atoms in total. The number of rotatable bonds is 4. The van der Waals surface area contributed by atoms with Crippen LogP contribution in [0.4, 0.5) is 0 Å². The van der Waals surface area contributed by atoms with Crippen LogP contribution in [0.5, 0.6) is 0 Å². The quantitative estimate of drug-likeness (QED) is 0.789. The maximum atomic E-state index is 12.1. The molecule has 0 fully saturated rings. The fourth-order valence-electron chi connectivity index (χ4n) is 3.45. The van der Waals surface area contributed by atoms with E-state index >= 15 is 0 Å². The summed E-state index contributed by atoms with van der Waals surface area (Å²) in [5, 5.41) is 19.3. The molecule has 23 heavy (non-hydrogen) atoms. The summed E-state index contributed by atoms with van der Waals surface area (Å²) in [6.07, 6.45) is 0. The number of hydrogen-bond donors (Lipinski definition) is 1. The molecule has 0 aromatic carbocycles. The fraction of sp³-hybridized carbons (Fsp3) is 0.647. The minimum absolute atomic E-state index is 0.0627. The predicted molar refractivity (Wildman–Crippen MR) is 88.3 cm³/mol. The van der Waals surface area contributed by atoms with Crippen LogP contribution >= 0.6 is 0 Å². The van der Waals surface area contributed by atoms with E-state index in [0.717, 1.165) is 0 Å². The third kappa shape index (κ3) is 3.49. The van der Waals surface area contributed by atoms with Gasteiger partial charge < -0.3 is 0 Å². The molecule has 0 aliphatic heterocycles. The van der Waals surface area contributed by atoms with Crippen LogP contribution in [-0.2, 0) is 10.1 Å². The first-order chi connectivity index (χ1) is 10.5. The van der Waals surface area contributed by atoms with Gasteiger partial charge in [0.1, 0.15) is 0 Å². The van der Waals surface area contributed by atoms with Crippen molar-refractivity contribution in [3.8, 4) is 12.1 Å². The molecule has 0 saturated heterocycles. The lowest BCUT2D eigenvalue weighted by molar-refractivity contribution is 0.357. The summed E-state index contributed by atoms with van der Waals surface area (Å²) in [5.74, 6) is -1.87. The van der Waals surface area contributed by atoms with Crippen molar-refractivity contribution in [2.75, 3.05) is 0 Å². The maximum Gasteiger partial charge on any atom is 0.291 e. The molecule has 0 aromatic rings. The highest BCUT2D eigenvalue weighted by atomic mass is 32.2. The Morgan fingerprint density at radius 2 is 1.57 bits per heavy atom. The van der Waals surface area contributed by atoms with Crippen LogP contribution in [0.2, 0.25) is 0 Å². The zero-order valence-corrected chi connectivity index (χ0v) is 15.3. The summed E-state index contributed by atoms with van der Waals surface area (Å²) in [6.45, 7) is 11.0. The second-order valence-electron chi connectivity index (χ2n) is 6.88. The van der Waals surface area contributed by atoms with Crippen molar-refractivity contribution < 1.29 is 13.0 Å². The van der Waals surface area contributed by atoms with E-state index in [2.05, 4.69) is 12.1 Å². The van der Waals surface area contributed by atoms with Crippen LogP contribution in [0.25, 0.3) is 0 Å². The highest BCUT2D eigenvalue weighted by Crippen LogP contribution is 2.48. The zero-order valence-electron chi connectivity index (χ0n) is 14.5. The maximum absolute atomic E-state index is 12.1. The van der Waals surface area contributed by atoms with Crippen molar-refractivity contribution in [2.45, 2.75) is 41.5 Å². The molecule has 0 heterocycles. The third-order valence-electron chi connectivity index (χ3n) is 4.27. The Labute approximate surface area is 139 Å². The van der Waals surface area contributed by atoms with Crippen molar-refractivity contribution in [3.63, 3.8) is 0 Å². The Hall–Kier alpha value is -1.63. The molecule has 0 bridgehead atoms. The first-order valence-electron chi connectivity index (χ1n) is 7.74. The molecule has 2 unspecified atom stereocenters. The van der Waals surface area contributed by atoms with Gasteiger partial charge in [-0.05, 0) is 28.9 Å². The molecule has 1 rings (SSSR count). The van der Waals surface area contributed by atoms with E-state index in [-0.39, 0.29) is 28.2 Å². The highest BCUT2D eigenvalue weighted by molar-refractivity contribution is 7.89. The highest BCUT2D eigenvalue weighted by Gasteiger charge is 2.45. The van der Waals surface area contributed by atoms with Gasteiger partial charge in [-0.15, -0.1) is 0 Å². The molecule has 6 heteroatoms. The molecule has 0 spiro atoms. The predicted octanol–water partition coefficient (Wildman–Crippen LogP) is 3.69. The zero-order chi connectivity index (χ0) is 18.1. The summed E-state index contributed by atoms with van der Waals surface area (Å²) < 4.78 is 33.9. The molecule has 2 atom stereocenters. The minimum atomic E-state index is -4.51. The van der Waals surface area contributed by atoms with Crippen LogP contribution < -0.4 is 0 Å². The van der Waals surface area contributed by atoms with Gasteiger partial charge in [-0.1, -0.05) is 41.5 Å². The lowest BCUT2D eigenvalue weighted by Crippen LogP contribution is -2.34. The smallest absolute Gasteiger partial charge is 0.282 e. The van der Waals surface area contributed by atoms with Gasteiger partial charge in [-0.25, -0.2) is 0 Å². The largest absolute Gasteiger partial charge is 0.291 e. The van der Waals surface area contributed by atoms with Crippen LogP contribution in [0, 0.1) is 52.3 Å². The Bertz CT molecular complexity index is 729. The number of nitriles is 2. The van der Waals surface area contributed by atoms with Gasteiger partial charge in [-0.2, -0.15) is 18.9 Å². The SMILES string of the molecule is CC(C)C1=C(S(=O)(=O)O)C(C(C)C)C(C#N)C(C(C)C)=C1C#N. The van der Waals surface area contributed by atoms with E-state index in [1.165, 1.54) is 0 Å². The van der Waals surface area contributed by atoms with E-state index in [9.17, 15) is 23.5 Å². The van der Waals surface area contributed by atoms with Crippen LogP contribution in [0.1, 0.15) is 41.5 Å². The van der Waals surface area contributed by atoms with Crippen molar-refractivity contribution in [3.05, 3.63) is 21.6 Å². The summed E-state index contributed by atoms with van der Waals surface area (Å²) in [7, 11) is -4.51. The normalized spacial score (nSPS) is 22.8. The summed E-state index contributed by atoms with van der Waals surface area (Å²) in [5.41, 5.74) is 1.26. The lowest BCUT2D eigenvalue weighted by Gasteiger charge is -2.37. The molecule has 0 amide bonds. The van der Waals surface area contributed by atoms with Crippen LogP contribution in [0.3, 0.4) is 0 Å². The van der Waals surface area contributed by atoms with Gasteiger partial charge >= 0.3 is 0 Å². The van der Waals surface area contributed by atoms with Gasteiger partial charge in [-0.3, -0.25) is 4.55 Å². The molecule has 0 aromatic heterocycles. The summed E-state index contributed by atoms with van der Waals surface area (Å²) in [6, 6.07) is 4.26. The van der Waals surface area contributed by atoms with Crippen LogP contribution in [-0.4, -0.2) is 13.0 Å². The Balaban J connectivity index is 4.05. The molecule has 1 N–H and O–H groups in total. The molecule has 1 aliphatic carbocycles. The molecular formula is C17H24N2O3S. The molecule has 0 radical (unpaired) electrons. The third-order valence-corrected chi connectivity index (χ3v) is 5.31. The molecule has 0 saturated carbocycles. The Morgan fingerprint density at radius 1 is 1.04 bits per heavy atom. The number of allylic oxidation sites excluding steroid dienone is 4. The number of nitrogens with zero attached hydrogens (tertiary/aromatic N) is 2. The van der Waals surface area contributed by atoms with E-state index in [1.54, 1.807) is 13.8 Å². The van der Waals surface area contributed by atoms with Crippen LogP contribution in [0.15, 0.2) is 21.6 Å². The second kappa shape index (κ2) is 6.86. The topological polar surface area (TPSA) is 102 Å². The van der Waals surface area contributed by atoms with Gasteiger partial charge in [0, 0.05) is 5.92 Å². The first kappa shape index (κ1) is 19.4. The van der Waals surface area contributed by atoms with Crippen molar-refractivity contribution >= 4 is 10.1 Å². The minimum Gasteiger partial charge on any atom is -0.282 e. The van der Waals surface area contributed by atoms with Crippen molar-refractivity contribution in [2.24, 2.45) is 29.6 Å². The molecule has 126 valence electrons. The van der Waals surface area contributed by atoms with Gasteiger partial charge in [0.2, 0.25) is 0 Å². The standard InChI is InChI=1S/C17H24N2O3S/c1-9(2)14-12(7-18)15(10(3)4)17(23(20,21)22)16(11(5)6)13(14)8-19/h9-12,15H,1-6H3,(H,20,21,22). The Kier molecular flexibility index (Phi) is 5.79. The van der Waals surface area contributed by atoms with Gasteiger partial charge in [0.15, 0.2) is 0 Å². The van der Waals surface area contributed by atoms with Crippen molar-refractivity contribution in [1.82, 2.24) is 0 Å². The van der Waals surface area contributed by atoms with Gasteiger partial charge in [0.05, 0.1) is 28.5 Å². The number of hydrogen-bond acceptors (Lipinski definition) is 4. The van der Waals surface area contributed by atoms with E-state index in [1.807, 2.05) is 27.7 Å². The Morgan fingerprint density at radius 3 is 1.83 bits per heavy atom. The van der Waals surface area contributed by atoms with Gasteiger partial charge in [0.25, 0.3) is 10.1 Å². The molecular weight excluding hydrogens is 312 g/mol. The van der Waals surface area contributed by atoms with E-state index in [4.69, 9.17) is 0 Å². The fourth-order valence-corrected chi connectivity index (χ4v) is 4.82. The second-order valence-corrected chi connectivity index (χ2v) is 8.27. The lowest BCUT2D eigenvalue weighted by atomic mass is 9.68. The van der Waals surface area contributed by atoms with E-state index < -0.39 is 22.0 Å². The average molecular weight is 336 g/mol. The first-order valence-corrected chi connectivity index (χ1v) is 9.18. The summed E-state index contributed by atoms with van der Waals surface area (Å²) >= 11 is 0. The summed E-state index contributed by atoms with van der Waals surface area (Å²) in [4.78, 5) is -0.157. The van der Waals surface area contributed by atoms with Crippen molar-refractivity contribution in [1.29, 1.82) is 10.5 Å². The monoisotopic (exact) mass is 336 g/mol. The average Bonchev–Trinajstić information content (AvgIpc) is 2.41. The van der Waals surface area contributed by atoms with E-state index in [0.29, 0.717) is 11.1 Å².